The maximum absolute atomic E-state index is 14.0. The van der Waals surface area contributed by atoms with Gasteiger partial charge in [-0.2, -0.15) is 5.26 Å². The van der Waals surface area contributed by atoms with Crippen LogP contribution < -0.4 is 9.64 Å². The Morgan fingerprint density at radius 1 is 1.19 bits per heavy atom. The van der Waals surface area contributed by atoms with Crippen LogP contribution in [0.5, 0.6) is 5.75 Å². The molecule has 0 aliphatic carbocycles. The van der Waals surface area contributed by atoms with Gasteiger partial charge in [-0.3, -0.25) is 0 Å². The average molecular weight is 288 g/mol. The third kappa shape index (κ3) is 3.11. The number of nitrogens with zero attached hydrogens (tertiary/aromatic N) is 2. The summed E-state index contributed by atoms with van der Waals surface area (Å²) in [6, 6.07) is 11.0. The zero-order valence-electron chi connectivity index (χ0n) is 11.7. The van der Waals surface area contributed by atoms with Crippen molar-refractivity contribution < 1.29 is 13.5 Å². The third-order valence-corrected chi connectivity index (χ3v) is 3.13. The standard InChI is InChI=1S/C16H14F2N2O/c1-20(10-12-5-3-4-6-15(12)21-2)16-13(17)7-11(9-19)8-14(16)18/h3-8H,10H2,1-2H3. The smallest absolute Gasteiger partial charge is 0.150 e. The van der Waals surface area contributed by atoms with Crippen molar-refractivity contribution in [3.8, 4) is 11.8 Å². The van der Waals surface area contributed by atoms with E-state index in [9.17, 15) is 8.78 Å². The summed E-state index contributed by atoms with van der Waals surface area (Å²) in [5, 5.41) is 8.71. The number of nitriles is 1. The quantitative estimate of drug-likeness (QED) is 0.864. The maximum Gasteiger partial charge on any atom is 0.150 e. The van der Waals surface area contributed by atoms with Crippen LogP contribution in [-0.4, -0.2) is 14.2 Å². The lowest BCUT2D eigenvalue weighted by atomic mass is 10.1. The van der Waals surface area contributed by atoms with Crippen LogP contribution >= 0.6 is 0 Å². The number of hydrogen-bond donors (Lipinski definition) is 0. The highest BCUT2D eigenvalue weighted by Crippen LogP contribution is 2.27. The van der Waals surface area contributed by atoms with E-state index in [-0.39, 0.29) is 17.8 Å². The molecule has 0 fully saturated rings. The Morgan fingerprint density at radius 2 is 1.81 bits per heavy atom. The van der Waals surface area contributed by atoms with E-state index >= 15 is 0 Å². The number of anilines is 1. The summed E-state index contributed by atoms with van der Waals surface area (Å²) >= 11 is 0. The Morgan fingerprint density at radius 3 is 2.38 bits per heavy atom. The van der Waals surface area contributed by atoms with Gasteiger partial charge in [-0.15, -0.1) is 0 Å². The minimum Gasteiger partial charge on any atom is -0.496 e. The van der Waals surface area contributed by atoms with E-state index in [1.807, 2.05) is 18.2 Å². The van der Waals surface area contributed by atoms with Gasteiger partial charge in [0.2, 0.25) is 0 Å². The fourth-order valence-corrected chi connectivity index (χ4v) is 2.16. The molecule has 3 nitrogen and oxygen atoms in total. The first kappa shape index (κ1) is 14.8. The molecule has 5 heteroatoms. The van der Waals surface area contributed by atoms with Crippen molar-refractivity contribution in [2.45, 2.75) is 6.54 Å². The van der Waals surface area contributed by atoms with Crippen molar-refractivity contribution in [1.82, 2.24) is 0 Å². The molecule has 0 saturated heterocycles. The second-order valence-corrected chi connectivity index (χ2v) is 4.57. The molecule has 0 bridgehead atoms. The predicted molar refractivity (Wildman–Crippen MR) is 76.2 cm³/mol. The Kier molecular flexibility index (Phi) is 4.39. The van der Waals surface area contributed by atoms with Gasteiger partial charge < -0.3 is 9.64 Å². The summed E-state index contributed by atoms with van der Waals surface area (Å²) < 4.78 is 33.2. The second-order valence-electron chi connectivity index (χ2n) is 4.57. The number of rotatable bonds is 4. The number of methoxy groups -OCH3 is 1. The number of para-hydroxylation sites is 1. The molecule has 2 aromatic rings. The molecular weight excluding hydrogens is 274 g/mol. The van der Waals surface area contributed by atoms with Gasteiger partial charge in [-0.05, 0) is 18.2 Å². The molecule has 0 amide bonds. The van der Waals surface area contributed by atoms with Crippen LogP contribution in [0.15, 0.2) is 36.4 Å². The Labute approximate surface area is 122 Å². The summed E-state index contributed by atoms with van der Waals surface area (Å²) in [5.41, 5.74) is 0.602. The van der Waals surface area contributed by atoms with E-state index < -0.39 is 11.6 Å². The van der Waals surface area contributed by atoms with Crippen molar-refractivity contribution >= 4 is 5.69 Å². The molecule has 0 radical (unpaired) electrons. The maximum atomic E-state index is 14.0. The summed E-state index contributed by atoms with van der Waals surface area (Å²) in [5.74, 6) is -0.869. The molecule has 2 rings (SSSR count). The first-order valence-electron chi connectivity index (χ1n) is 6.29. The van der Waals surface area contributed by atoms with Crippen molar-refractivity contribution in [1.29, 1.82) is 5.26 Å². The first-order valence-corrected chi connectivity index (χ1v) is 6.29. The van der Waals surface area contributed by atoms with E-state index in [0.717, 1.165) is 17.7 Å². The SMILES string of the molecule is COc1ccccc1CN(C)c1c(F)cc(C#N)cc1F. The highest BCUT2D eigenvalue weighted by molar-refractivity contribution is 5.53. The minimum atomic E-state index is -0.760. The number of ether oxygens (including phenoxy) is 1. The largest absolute Gasteiger partial charge is 0.496 e. The summed E-state index contributed by atoms with van der Waals surface area (Å²) in [7, 11) is 3.13. The van der Waals surface area contributed by atoms with Gasteiger partial charge in [0.25, 0.3) is 0 Å². The van der Waals surface area contributed by atoms with E-state index in [4.69, 9.17) is 10.00 Å². The van der Waals surface area contributed by atoms with Crippen molar-refractivity contribution in [2.75, 3.05) is 19.1 Å². The Hall–Kier alpha value is -2.61. The zero-order chi connectivity index (χ0) is 15.4. The van der Waals surface area contributed by atoms with Crippen molar-refractivity contribution in [3.63, 3.8) is 0 Å². The zero-order valence-corrected chi connectivity index (χ0v) is 11.7. The topological polar surface area (TPSA) is 36.3 Å². The molecule has 0 atom stereocenters. The summed E-state index contributed by atoms with van der Waals surface area (Å²) in [6.45, 7) is 0.282. The number of halogens is 2. The molecule has 0 heterocycles. The normalized spacial score (nSPS) is 10.0. The highest BCUT2D eigenvalue weighted by atomic mass is 19.1. The lowest BCUT2D eigenvalue weighted by Gasteiger charge is -2.22. The van der Waals surface area contributed by atoms with Gasteiger partial charge in [0.15, 0.2) is 11.6 Å². The molecule has 0 spiro atoms. The Balaban J connectivity index is 2.33. The average Bonchev–Trinajstić information content (AvgIpc) is 2.46. The van der Waals surface area contributed by atoms with Crippen LogP contribution in [0, 0.1) is 23.0 Å². The van der Waals surface area contributed by atoms with Gasteiger partial charge in [0.05, 0.1) is 18.7 Å². The molecule has 108 valence electrons. The molecule has 0 saturated carbocycles. The fourth-order valence-electron chi connectivity index (χ4n) is 2.16. The molecule has 0 N–H and O–H groups in total. The van der Waals surface area contributed by atoms with Crippen LogP contribution in [0.2, 0.25) is 0 Å². The van der Waals surface area contributed by atoms with E-state index in [1.165, 1.54) is 4.90 Å². The van der Waals surface area contributed by atoms with E-state index in [2.05, 4.69) is 0 Å². The van der Waals surface area contributed by atoms with Gasteiger partial charge >= 0.3 is 0 Å². The molecule has 0 unspecified atom stereocenters. The molecule has 0 aliphatic heterocycles. The molecule has 21 heavy (non-hydrogen) atoms. The first-order chi connectivity index (χ1) is 10.1. The van der Waals surface area contributed by atoms with Crippen LogP contribution in [0.3, 0.4) is 0 Å². The highest BCUT2D eigenvalue weighted by Gasteiger charge is 2.16. The van der Waals surface area contributed by atoms with Crippen molar-refractivity contribution in [3.05, 3.63) is 59.2 Å². The van der Waals surface area contributed by atoms with Crippen molar-refractivity contribution in [2.24, 2.45) is 0 Å². The molecular formula is C16H14F2N2O. The Bertz CT molecular complexity index is 672. The monoisotopic (exact) mass is 288 g/mol. The van der Waals surface area contributed by atoms with E-state index in [1.54, 1.807) is 26.3 Å². The van der Waals surface area contributed by atoms with E-state index in [0.29, 0.717) is 5.75 Å². The fraction of sp³-hybridized carbons (Fsp3) is 0.188. The summed E-state index contributed by atoms with van der Waals surface area (Å²) in [6.07, 6.45) is 0. The number of benzene rings is 2. The van der Waals surface area contributed by atoms with Crippen LogP contribution in [-0.2, 0) is 6.54 Å². The van der Waals surface area contributed by atoms with Gasteiger partial charge in [-0.1, -0.05) is 18.2 Å². The van der Waals surface area contributed by atoms with Crippen LogP contribution in [0.25, 0.3) is 0 Å². The predicted octanol–water partition coefficient (Wildman–Crippen LogP) is 3.48. The van der Waals surface area contributed by atoms with Gasteiger partial charge in [-0.25, -0.2) is 8.78 Å². The molecule has 0 aliphatic rings. The summed E-state index contributed by atoms with van der Waals surface area (Å²) in [4.78, 5) is 1.45. The molecule has 0 aromatic heterocycles. The van der Waals surface area contributed by atoms with Gasteiger partial charge in [0.1, 0.15) is 11.4 Å². The third-order valence-electron chi connectivity index (χ3n) is 3.13. The van der Waals surface area contributed by atoms with Gasteiger partial charge in [0, 0.05) is 19.2 Å². The van der Waals surface area contributed by atoms with Crippen LogP contribution in [0.1, 0.15) is 11.1 Å². The lowest BCUT2D eigenvalue weighted by molar-refractivity contribution is 0.409. The minimum absolute atomic E-state index is 0.0422. The number of hydrogen-bond acceptors (Lipinski definition) is 3. The van der Waals surface area contributed by atoms with Crippen LogP contribution in [0.4, 0.5) is 14.5 Å². The second kappa shape index (κ2) is 6.23. The molecule has 2 aromatic carbocycles. The lowest BCUT2D eigenvalue weighted by Crippen LogP contribution is -2.19.